The van der Waals surface area contributed by atoms with Crippen molar-refractivity contribution in [2.75, 3.05) is 0 Å². The molecule has 1 aromatic rings. The van der Waals surface area contributed by atoms with Crippen molar-refractivity contribution in [3.05, 3.63) is 23.7 Å². The molecule has 0 aromatic carbocycles. The molecule has 2 nitrogen and oxygen atoms in total. The maximum Gasteiger partial charge on any atom is 0.101 e. The van der Waals surface area contributed by atoms with Gasteiger partial charge in [-0.2, -0.15) is 0 Å². The molecular formula is C12H18O2. The van der Waals surface area contributed by atoms with Gasteiger partial charge in [0, 0.05) is 5.56 Å². The van der Waals surface area contributed by atoms with Crippen LogP contribution < -0.4 is 0 Å². The molecule has 2 heteroatoms. The lowest BCUT2D eigenvalue weighted by Gasteiger charge is -2.25. The molecule has 2 rings (SSSR count). The van der Waals surface area contributed by atoms with Crippen LogP contribution in [0.1, 0.15) is 49.5 Å². The quantitative estimate of drug-likeness (QED) is 0.784. The first-order chi connectivity index (χ1) is 6.77. The van der Waals surface area contributed by atoms with E-state index in [1.807, 2.05) is 13.0 Å². The summed E-state index contributed by atoms with van der Waals surface area (Å²) in [6.45, 7) is 1.91. The molecule has 14 heavy (non-hydrogen) atoms. The third kappa shape index (κ3) is 2.01. The summed E-state index contributed by atoms with van der Waals surface area (Å²) in [4.78, 5) is 0. The number of aliphatic hydroxyl groups excluding tert-OH is 1. The Balaban J connectivity index is 2.03. The molecule has 78 valence electrons. The number of aryl methyl sites for hydroxylation is 1. The number of furan rings is 1. The minimum absolute atomic E-state index is 0.312. The Morgan fingerprint density at radius 3 is 2.64 bits per heavy atom. The average Bonchev–Trinajstić information content (AvgIpc) is 2.65. The molecule has 1 aromatic heterocycles. The van der Waals surface area contributed by atoms with Crippen molar-refractivity contribution in [3.63, 3.8) is 0 Å². The average molecular weight is 194 g/mol. The molecule has 1 N–H and O–H groups in total. The predicted molar refractivity (Wildman–Crippen MR) is 55.0 cm³/mol. The Bertz CT molecular complexity index is 284. The fraction of sp³-hybridized carbons (Fsp3) is 0.667. The summed E-state index contributed by atoms with van der Waals surface area (Å²) in [5.74, 6) is 1.33. The van der Waals surface area contributed by atoms with Crippen molar-refractivity contribution >= 4 is 0 Å². The third-order valence-electron chi connectivity index (χ3n) is 3.19. The highest BCUT2D eigenvalue weighted by molar-refractivity contribution is 5.15. The zero-order valence-electron chi connectivity index (χ0n) is 8.70. The van der Waals surface area contributed by atoms with Gasteiger partial charge in [-0.15, -0.1) is 0 Å². The zero-order chi connectivity index (χ0) is 9.97. The summed E-state index contributed by atoms with van der Waals surface area (Å²) in [5, 5.41) is 10.1. The molecule has 0 amide bonds. The van der Waals surface area contributed by atoms with Crippen LogP contribution in [-0.4, -0.2) is 5.11 Å². The Morgan fingerprint density at radius 2 is 2.07 bits per heavy atom. The predicted octanol–water partition coefficient (Wildman–Crippen LogP) is 3.20. The molecule has 1 unspecified atom stereocenters. The van der Waals surface area contributed by atoms with Gasteiger partial charge in [-0.25, -0.2) is 0 Å². The molecule has 1 aliphatic rings. The van der Waals surface area contributed by atoms with Crippen LogP contribution in [0.15, 0.2) is 16.7 Å². The van der Waals surface area contributed by atoms with E-state index in [1.165, 1.54) is 19.3 Å². The van der Waals surface area contributed by atoms with Crippen molar-refractivity contribution in [2.24, 2.45) is 5.92 Å². The van der Waals surface area contributed by atoms with Crippen LogP contribution in [0.5, 0.6) is 0 Å². The van der Waals surface area contributed by atoms with Gasteiger partial charge in [0.15, 0.2) is 0 Å². The standard InChI is InChI=1S/C12H18O2/c1-9-7-11(8-14-9)12(13)10-5-3-2-4-6-10/h7-8,10,12-13H,2-6H2,1H3. The number of hydrogen-bond donors (Lipinski definition) is 1. The zero-order valence-corrected chi connectivity index (χ0v) is 8.70. The van der Waals surface area contributed by atoms with Gasteiger partial charge in [0.25, 0.3) is 0 Å². The normalized spacial score (nSPS) is 21.0. The Hall–Kier alpha value is -0.760. The van der Waals surface area contributed by atoms with Gasteiger partial charge in [-0.05, 0) is 31.7 Å². The molecule has 0 saturated heterocycles. The molecule has 1 saturated carbocycles. The minimum Gasteiger partial charge on any atom is -0.469 e. The van der Waals surface area contributed by atoms with Crippen molar-refractivity contribution in [2.45, 2.75) is 45.1 Å². The van der Waals surface area contributed by atoms with E-state index in [4.69, 9.17) is 4.42 Å². The third-order valence-corrected chi connectivity index (χ3v) is 3.19. The lowest BCUT2D eigenvalue weighted by Crippen LogP contribution is -2.15. The van der Waals surface area contributed by atoms with Crippen LogP contribution in [0, 0.1) is 12.8 Å². The summed E-state index contributed by atoms with van der Waals surface area (Å²) in [6.07, 6.45) is 7.55. The van der Waals surface area contributed by atoms with Crippen molar-refractivity contribution in [1.82, 2.24) is 0 Å². The summed E-state index contributed by atoms with van der Waals surface area (Å²) in [6, 6.07) is 1.94. The second-order valence-corrected chi connectivity index (χ2v) is 4.33. The largest absolute Gasteiger partial charge is 0.469 e. The summed E-state index contributed by atoms with van der Waals surface area (Å²) < 4.78 is 5.22. The molecule has 1 heterocycles. The van der Waals surface area contributed by atoms with Gasteiger partial charge in [0.2, 0.25) is 0 Å². The maximum atomic E-state index is 10.1. The van der Waals surface area contributed by atoms with E-state index in [1.54, 1.807) is 6.26 Å². The van der Waals surface area contributed by atoms with E-state index >= 15 is 0 Å². The lowest BCUT2D eigenvalue weighted by atomic mass is 9.83. The molecule has 0 spiro atoms. The molecule has 1 aliphatic carbocycles. The Morgan fingerprint density at radius 1 is 1.36 bits per heavy atom. The number of aliphatic hydroxyl groups is 1. The monoisotopic (exact) mass is 194 g/mol. The summed E-state index contributed by atoms with van der Waals surface area (Å²) in [7, 11) is 0. The highest BCUT2D eigenvalue weighted by atomic mass is 16.3. The van der Waals surface area contributed by atoms with E-state index in [-0.39, 0.29) is 6.10 Å². The first-order valence-electron chi connectivity index (χ1n) is 5.50. The van der Waals surface area contributed by atoms with Crippen LogP contribution in [0.4, 0.5) is 0 Å². The van der Waals surface area contributed by atoms with Crippen LogP contribution >= 0.6 is 0 Å². The van der Waals surface area contributed by atoms with Crippen LogP contribution in [-0.2, 0) is 0 Å². The highest BCUT2D eigenvalue weighted by Gasteiger charge is 2.23. The van der Waals surface area contributed by atoms with Gasteiger partial charge in [0.05, 0.1) is 12.4 Å². The summed E-state index contributed by atoms with van der Waals surface area (Å²) >= 11 is 0. The SMILES string of the molecule is Cc1cc(C(O)C2CCCCC2)co1. The lowest BCUT2D eigenvalue weighted by molar-refractivity contribution is 0.0843. The molecule has 0 radical (unpaired) electrons. The fourth-order valence-electron chi connectivity index (χ4n) is 2.34. The second-order valence-electron chi connectivity index (χ2n) is 4.33. The molecule has 0 bridgehead atoms. The van der Waals surface area contributed by atoms with Crippen molar-refractivity contribution in [1.29, 1.82) is 0 Å². The summed E-state index contributed by atoms with van der Waals surface area (Å²) in [5.41, 5.74) is 0.953. The highest BCUT2D eigenvalue weighted by Crippen LogP contribution is 2.34. The van der Waals surface area contributed by atoms with E-state index in [2.05, 4.69) is 0 Å². The molecule has 1 fully saturated rings. The minimum atomic E-state index is -0.312. The van der Waals surface area contributed by atoms with Gasteiger partial charge in [-0.1, -0.05) is 19.3 Å². The maximum absolute atomic E-state index is 10.1. The Kier molecular flexibility index (Phi) is 2.92. The van der Waals surface area contributed by atoms with Crippen molar-refractivity contribution in [3.8, 4) is 0 Å². The van der Waals surface area contributed by atoms with Gasteiger partial charge >= 0.3 is 0 Å². The van der Waals surface area contributed by atoms with E-state index in [0.29, 0.717) is 5.92 Å². The van der Waals surface area contributed by atoms with E-state index in [9.17, 15) is 5.11 Å². The first kappa shape index (κ1) is 9.78. The number of rotatable bonds is 2. The van der Waals surface area contributed by atoms with E-state index in [0.717, 1.165) is 24.2 Å². The second kappa shape index (κ2) is 4.18. The van der Waals surface area contributed by atoms with Gasteiger partial charge in [-0.3, -0.25) is 0 Å². The molecule has 1 atom stereocenters. The van der Waals surface area contributed by atoms with Crippen LogP contribution in [0.25, 0.3) is 0 Å². The first-order valence-corrected chi connectivity index (χ1v) is 5.50. The smallest absolute Gasteiger partial charge is 0.101 e. The molecule has 0 aliphatic heterocycles. The van der Waals surface area contributed by atoms with E-state index < -0.39 is 0 Å². The van der Waals surface area contributed by atoms with Crippen molar-refractivity contribution < 1.29 is 9.52 Å². The van der Waals surface area contributed by atoms with Gasteiger partial charge in [0.1, 0.15) is 5.76 Å². The Labute approximate surface area is 84.9 Å². The van der Waals surface area contributed by atoms with Gasteiger partial charge < -0.3 is 9.52 Å². The topological polar surface area (TPSA) is 33.4 Å². The fourth-order valence-corrected chi connectivity index (χ4v) is 2.34. The number of hydrogen-bond acceptors (Lipinski definition) is 2. The van der Waals surface area contributed by atoms with Crippen LogP contribution in [0.2, 0.25) is 0 Å². The molecular weight excluding hydrogens is 176 g/mol. The van der Waals surface area contributed by atoms with Crippen LogP contribution in [0.3, 0.4) is 0 Å².